The van der Waals surface area contributed by atoms with Crippen LogP contribution in [0, 0.1) is 0 Å². The zero-order valence-electron chi connectivity index (χ0n) is 10.3. The Morgan fingerprint density at radius 1 is 1.25 bits per heavy atom. The predicted molar refractivity (Wildman–Crippen MR) is 76.4 cm³/mol. The summed E-state index contributed by atoms with van der Waals surface area (Å²) in [5, 5.41) is 11.5. The van der Waals surface area contributed by atoms with Crippen molar-refractivity contribution >= 4 is 28.2 Å². The van der Waals surface area contributed by atoms with Gasteiger partial charge in [-0.3, -0.25) is 4.79 Å². The molecule has 5 nitrogen and oxygen atoms in total. The van der Waals surface area contributed by atoms with E-state index in [2.05, 4.69) is 4.98 Å². The van der Waals surface area contributed by atoms with Crippen LogP contribution in [0.4, 0.5) is 0 Å². The molecular weight excluding hydrogens is 276 g/mol. The summed E-state index contributed by atoms with van der Waals surface area (Å²) in [7, 11) is 0. The zero-order chi connectivity index (χ0) is 14.1. The Morgan fingerprint density at radius 3 is 2.80 bits per heavy atom. The fraction of sp³-hybridized carbons (Fsp3) is 0.0714. The quantitative estimate of drug-likeness (QED) is 0.801. The second kappa shape index (κ2) is 4.90. The van der Waals surface area contributed by atoms with Crippen molar-refractivity contribution in [3.05, 3.63) is 62.8 Å². The van der Waals surface area contributed by atoms with Crippen LogP contribution >= 0.6 is 11.3 Å². The van der Waals surface area contributed by atoms with Crippen molar-refractivity contribution in [3.63, 3.8) is 0 Å². The standard InChI is InChI=1S/C14H10N2O3S/c17-12-6-5-9-3-1-2-4-11(9)16(12)7-10-8-20-13(15-10)14(18)19/h1-6,8H,7H2,(H,18,19). The SMILES string of the molecule is O=C(O)c1nc(Cn2c(=O)ccc3ccccc32)cs1. The van der Waals surface area contributed by atoms with Gasteiger partial charge in [0.15, 0.2) is 0 Å². The lowest BCUT2D eigenvalue weighted by atomic mass is 10.2. The van der Waals surface area contributed by atoms with Crippen molar-refractivity contribution in [3.8, 4) is 0 Å². The fourth-order valence-electron chi connectivity index (χ4n) is 2.05. The summed E-state index contributed by atoms with van der Waals surface area (Å²) in [5.74, 6) is -1.05. The number of hydrogen-bond acceptors (Lipinski definition) is 4. The first-order valence-corrected chi connectivity index (χ1v) is 6.79. The van der Waals surface area contributed by atoms with E-state index in [-0.39, 0.29) is 17.1 Å². The number of para-hydroxylation sites is 1. The highest BCUT2D eigenvalue weighted by molar-refractivity contribution is 7.11. The predicted octanol–water partition coefficient (Wildman–Crippen LogP) is 2.20. The first kappa shape index (κ1) is 12.6. The Morgan fingerprint density at radius 2 is 2.05 bits per heavy atom. The van der Waals surface area contributed by atoms with Gasteiger partial charge in [0.1, 0.15) is 0 Å². The van der Waals surface area contributed by atoms with Crippen LogP contribution < -0.4 is 5.56 Å². The molecule has 20 heavy (non-hydrogen) atoms. The molecule has 6 heteroatoms. The van der Waals surface area contributed by atoms with Crippen molar-refractivity contribution in [1.82, 2.24) is 9.55 Å². The third kappa shape index (κ3) is 2.21. The van der Waals surface area contributed by atoms with Crippen molar-refractivity contribution < 1.29 is 9.90 Å². The maximum absolute atomic E-state index is 12.0. The Hall–Kier alpha value is -2.47. The number of nitrogens with zero attached hydrogens (tertiary/aromatic N) is 2. The molecule has 2 aromatic heterocycles. The van der Waals surface area contributed by atoms with Gasteiger partial charge < -0.3 is 9.67 Å². The summed E-state index contributed by atoms with van der Waals surface area (Å²) < 4.78 is 1.59. The molecule has 0 radical (unpaired) electrons. The maximum atomic E-state index is 12.0. The molecular formula is C14H10N2O3S. The molecule has 0 unspecified atom stereocenters. The van der Waals surface area contributed by atoms with Gasteiger partial charge in [0.2, 0.25) is 5.01 Å². The molecule has 0 aliphatic carbocycles. The zero-order valence-corrected chi connectivity index (χ0v) is 11.1. The lowest BCUT2D eigenvalue weighted by molar-refractivity contribution is 0.0696. The number of benzene rings is 1. The third-order valence-corrected chi connectivity index (χ3v) is 3.83. The van der Waals surface area contributed by atoms with Gasteiger partial charge in [-0.25, -0.2) is 9.78 Å². The molecule has 0 atom stereocenters. The molecule has 0 saturated heterocycles. The van der Waals surface area contributed by atoms with Crippen LogP contribution in [0.25, 0.3) is 10.9 Å². The van der Waals surface area contributed by atoms with Gasteiger partial charge in [0.25, 0.3) is 5.56 Å². The number of rotatable bonds is 3. The highest BCUT2D eigenvalue weighted by Gasteiger charge is 2.10. The highest BCUT2D eigenvalue weighted by Crippen LogP contribution is 2.14. The van der Waals surface area contributed by atoms with E-state index >= 15 is 0 Å². The third-order valence-electron chi connectivity index (χ3n) is 2.95. The van der Waals surface area contributed by atoms with Crippen LogP contribution in [0.3, 0.4) is 0 Å². The lowest BCUT2D eigenvalue weighted by Crippen LogP contribution is -2.20. The van der Waals surface area contributed by atoms with Crippen LogP contribution in [0.1, 0.15) is 15.5 Å². The van der Waals surface area contributed by atoms with Crippen molar-refractivity contribution in [2.75, 3.05) is 0 Å². The number of pyridine rings is 1. The van der Waals surface area contributed by atoms with Crippen LogP contribution in [-0.4, -0.2) is 20.6 Å². The molecule has 100 valence electrons. The van der Waals surface area contributed by atoms with E-state index in [1.165, 1.54) is 6.07 Å². The summed E-state index contributed by atoms with van der Waals surface area (Å²) in [5.41, 5.74) is 1.25. The van der Waals surface area contributed by atoms with Crippen molar-refractivity contribution in [2.45, 2.75) is 6.54 Å². The molecule has 2 heterocycles. The minimum atomic E-state index is -1.05. The minimum absolute atomic E-state index is 0.0354. The molecule has 0 aliphatic heterocycles. The highest BCUT2D eigenvalue weighted by atomic mass is 32.1. The van der Waals surface area contributed by atoms with Crippen molar-refractivity contribution in [2.24, 2.45) is 0 Å². The van der Waals surface area contributed by atoms with Crippen LogP contribution in [0.15, 0.2) is 46.6 Å². The fourth-order valence-corrected chi connectivity index (χ4v) is 2.69. The summed E-state index contributed by atoms with van der Waals surface area (Å²) in [6, 6.07) is 10.8. The van der Waals surface area contributed by atoms with E-state index in [0.717, 1.165) is 22.2 Å². The van der Waals surface area contributed by atoms with E-state index in [1.54, 1.807) is 16.0 Å². The molecule has 3 aromatic rings. The molecule has 3 rings (SSSR count). The molecule has 1 N–H and O–H groups in total. The topological polar surface area (TPSA) is 72.2 Å². The van der Waals surface area contributed by atoms with Crippen LogP contribution in [-0.2, 0) is 6.54 Å². The summed E-state index contributed by atoms with van der Waals surface area (Å²) >= 11 is 1.06. The first-order valence-electron chi connectivity index (χ1n) is 5.91. The van der Waals surface area contributed by atoms with Gasteiger partial charge in [-0.05, 0) is 17.5 Å². The lowest BCUT2D eigenvalue weighted by Gasteiger charge is -2.08. The van der Waals surface area contributed by atoms with Gasteiger partial charge >= 0.3 is 5.97 Å². The summed E-state index contributed by atoms with van der Waals surface area (Å²) in [6.07, 6.45) is 0. The first-order chi connectivity index (χ1) is 9.65. The van der Waals surface area contributed by atoms with Crippen LogP contribution in [0.5, 0.6) is 0 Å². The number of carboxylic acids is 1. The van der Waals surface area contributed by atoms with Crippen molar-refractivity contribution in [1.29, 1.82) is 0 Å². The second-order valence-electron chi connectivity index (χ2n) is 4.27. The number of carbonyl (C=O) groups is 1. The van der Waals surface area contributed by atoms with Gasteiger partial charge in [-0.1, -0.05) is 18.2 Å². The molecule has 0 aliphatic rings. The van der Waals surface area contributed by atoms with E-state index in [0.29, 0.717) is 5.69 Å². The number of thiazole rings is 1. The number of hydrogen-bond donors (Lipinski definition) is 1. The molecule has 0 spiro atoms. The van der Waals surface area contributed by atoms with Gasteiger partial charge in [-0.15, -0.1) is 11.3 Å². The van der Waals surface area contributed by atoms with E-state index in [9.17, 15) is 9.59 Å². The molecule has 0 bridgehead atoms. The molecule has 0 amide bonds. The number of aromatic carboxylic acids is 1. The average Bonchev–Trinajstić information content (AvgIpc) is 2.91. The summed E-state index contributed by atoms with van der Waals surface area (Å²) in [4.78, 5) is 26.8. The van der Waals surface area contributed by atoms with Gasteiger partial charge in [0.05, 0.1) is 17.8 Å². The second-order valence-corrected chi connectivity index (χ2v) is 5.12. The number of aromatic nitrogens is 2. The Kier molecular flexibility index (Phi) is 3.08. The molecule has 1 aromatic carbocycles. The Labute approximate surface area is 117 Å². The van der Waals surface area contributed by atoms with E-state index in [1.807, 2.05) is 24.3 Å². The normalized spacial score (nSPS) is 10.8. The maximum Gasteiger partial charge on any atom is 0.365 e. The van der Waals surface area contributed by atoms with Crippen LogP contribution in [0.2, 0.25) is 0 Å². The van der Waals surface area contributed by atoms with Gasteiger partial charge in [-0.2, -0.15) is 0 Å². The molecule has 0 saturated carbocycles. The van der Waals surface area contributed by atoms with Gasteiger partial charge in [0, 0.05) is 11.4 Å². The largest absolute Gasteiger partial charge is 0.476 e. The number of carboxylic acid groups (broad SMARTS) is 1. The van der Waals surface area contributed by atoms with E-state index in [4.69, 9.17) is 5.11 Å². The minimum Gasteiger partial charge on any atom is -0.476 e. The number of fused-ring (bicyclic) bond motifs is 1. The summed E-state index contributed by atoms with van der Waals surface area (Å²) in [6.45, 7) is 0.268. The molecule has 0 fully saturated rings. The Bertz CT molecular complexity index is 851. The monoisotopic (exact) mass is 286 g/mol. The van der Waals surface area contributed by atoms with E-state index < -0.39 is 5.97 Å². The average molecular weight is 286 g/mol. The smallest absolute Gasteiger partial charge is 0.365 e. The Balaban J connectivity index is 2.07.